The van der Waals surface area contributed by atoms with Gasteiger partial charge in [0.25, 0.3) is 5.91 Å². The van der Waals surface area contributed by atoms with Crippen molar-refractivity contribution in [1.82, 2.24) is 9.88 Å². The lowest BCUT2D eigenvalue weighted by Gasteiger charge is -2.11. The van der Waals surface area contributed by atoms with E-state index in [4.69, 9.17) is 0 Å². The lowest BCUT2D eigenvalue weighted by atomic mass is 10.2. The van der Waals surface area contributed by atoms with E-state index < -0.39 is 11.6 Å². The summed E-state index contributed by atoms with van der Waals surface area (Å²) in [5.41, 5.74) is 2.05. The summed E-state index contributed by atoms with van der Waals surface area (Å²) >= 11 is 5.00. The van der Waals surface area contributed by atoms with Crippen LogP contribution in [0.4, 0.5) is 8.78 Å². The van der Waals surface area contributed by atoms with Gasteiger partial charge in [-0.3, -0.25) is 4.79 Å². The van der Waals surface area contributed by atoms with Crippen LogP contribution in [0, 0.1) is 17.6 Å². The first-order valence-corrected chi connectivity index (χ1v) is 9.63. The Labute approximate surface area is 155 Å². The zero-order valence-electron chi connectivity index (χ0n) is 13.2. The average Bonchev–Trinajstić information content (AvgIpc) is 3.26. The molecule has 1 N–H and O–H groups in total. The minimum Gasteiger partial charge on any atom is -0.350 e. The van der Waals surface area contributed by atoms with Crippen LogP contribution in [0.5, 0.6) is 0 Å². The largest absolute Gasteiger partial charge is 0.350 e. The van der Waals surface area contributed by atoms with Crippen molar-refractivity contribution in [3.8, 4) is 0 Å². The summed E-state index contributed by atoms with van der Waals surface area (Å²) in [4.78, 5) is 12.6. The molecule has 1 aliphatic rings. The quantitative estimate of drug-likeness (QED) is 0.618. The lowest BCUT2D eigenvalue weighted by Crippen LogP contribution is -2.27. The zero-order chi connectivity index (χ0) is 17.6. The highest BCUT2D eigenvalue weighted by Crippen LogP contribution is 2.33. The van der Waals surface area contributed by atoms with Gasteiger partial charge < -0.3 is 9.88 Å². The number of fused-ring (bicyclic) bond motifs is 1. The molecule has 3 nitrogen and oxygen atoms in total. The number of nitrogens with one attached hydrogen (secondary N) is 1. The topological polar surface area (TPSA) is 34.0 Å². The summed E-state index contributed by atoms with van der Waals surface area (Å²) < 4.78 is 30.5. The van der Waals surface area contributed by atoms with Crippen molar-refractivity contribution in [1.29, 1.82) is 0 Å². The minimum absolute atomic E-state index is 0.131. The number of thiophene rings is 1. The molecule has 0 spiro atoms. The van der Waals surface area contributed by atoms with Gasteiger partial charge in [0.2, 0.25) is 0 Å². The smallest absolute Gasteiger partial charge is 0.267 e. The number of hydrogen-bond donors (Lipinski definition) is 1. The van der Waals surface area contributed by atoms with Crippen LogP contribution in [-0.4, -0.2) is 17.0 Å². The van der Waals surface area contributed by atoms with E-state index in [0.29, 0.717) is 30.3 Å². The Morgan fingerprint density at radius 1 is 1.24 bits per heavy atom. The predicted octanol–water partition coefficient (Wildman–Crippen LogP) is 4.93. The normalized spacial score (nSPS) is 14.2. The number of aromatic nitrogens is 1. The summed E-state index contributed by atoms with van der Waals surface area (Å²) in [5, 5.41) is 2.97. The number of carbonyl (C=O) groups excluding carboxylic acids is 1. The van der Waals surface area contributed by atoms with E-state index in [0.717, 1.165) is 32.9 Å². The van der Waals surface area contributed by atoms with E-state index in [-0.39, 0.29) is 5.91 Å². The van der Waals surface area contributed by atoms with E-state index in [1.165, 1.54) is 23.5 Å². The van der Waals surface area contributed by atoms with Crippen LogP contribution in [0.25, 0.3) is 10.2 Å². The molecule has 0 atom stereocenters. The minimum atomic E-state index is -0.882. The third-order valence-electron chi connectivity index (χ3n) is 4.37. The Kier molecular flexibility index (Phi) is 4.37. The highest BCUT2D eigenvalue weighted by Gasteiger charge is 2.24. The molecule has 0 aliphatic heterocycles. The fourth-order valence-corrected chi connectivity index (χ4v) is 4.41. The second kappa shape index (κ2) is 6.53. The second-order valence-electron chi connectivity index (χ2n) is 6.32. The first-order valence-electron chi connectivity index (χ1n) is 8.02. The van der Waals surface area contributed by atoms with Gasteiger partial charge in [0.15, 0.2) is 11.6 Å². The van der Waals surface area contributed by atoms with Crippen LogP contribution in [0.2, 0.25) is 0 Å². The maximum Gasteiger partial charge on any atom is 0.267 e. The molecule has 0 unspecified atom stereocenters. The molecule has 1 saturated carbocycles. The van der Waals surface area contributed by atoms with Crippen molar-refractivity contribution in [2.24, 2.45) is 5.92 Å². The molecule has 4 rings (SSSR count). The summed E-state index contributed by atoms with van der Waals surface area (Å²) in [7, 11) is 0. The fourth-order valence-electron chi connectivity index (χ4n) is 2.84. The maximum atomic E-state index is 13.5. The number of amides is 1. The summed E-state index contributed by atoms with van der Waals surface area (Å²) in [6, 6.07) is 7.62. The lowest BCUT2D eigenvalue weighted by molar-refractivity contribution is 0.0943. The number of nitrogens with zero attached hydrogens (tertiary/aromatic N) is 1. The van der Waals surface area contributed by atoms with Gasteiger partial charge in [0.05, 0.1) is 14.0 Å². The summed E-state index contributed by atoms with van der Waals surface area (Å²) in [6.45, 7) is 0.989. The van der Waals surface area contributed by atoms with Crippen molar-refractivity contribution >= 4 is 43.4 Å². The fraction of sp³-hybridized carbons (Fsp3) is 0.278. The molecular formula is C18H15BrF2N2OS. The van der Waals surface area contributed by atoms with Gasteiger partial charge in [0, 0.05) is 13.1 Å². The standard InChI is InChI=1S/C18H15BrF2N2OS/c19-17-7-14-16(25-17)6-15(18(24)22-8-10-1-2-10)23(14)9-11-3-4-12(20)13(21)5-11/h3-7,10H,1-2,8-9H2,(H,22,24). The molecule has 0 bridgehead atoms. The Balaban J connectivity index is 1.69. The van der Waals surface area contributed by atoms with Crippen molar-refractivity contribution in [3.63, 3.8) is 0 Å². The first-order chi connectivity index (χ1) is 12.0. The molecule has 0 radical (unpaired) electrons. The highest BCUT2D eigenvalue weighted by molar-refractivity contribution is 9.11. The first kappa shape index (κ1) is 16.7. The molecule has 1 aromatic carbocycles. The summed E-state index contributed by atoms with van der Waals surface area (Å²) in [6.07, 6.45) is 2.33. The number of hydrogen-bond acceptors (Lipinski definition) is 2. The Morgan fingerprint density at radius 3 is 2.76 bits per heavy atom. The van der Waals surface area contributed by atoms with Gasteiger partial charge in [-0.1, -0.05) is 6.07 Å². The number of halogens is 3. The molecule has 1 aliphatic carbocycles. The Bertz CT molecular complexity index is 962. The van der Waals surface area contributed by atoms with Crippen molar-refractivity contribution in [2.45, 2.75) is 19.4 Å². The van der Waals surface area contributed by atoms with Crippen LogP contribution in [0.1, 0.15) is 28.9 Å². The van der Waals surface area contributed by atoms with Crippen LogP contribution in [0.15, 0.2) is 34.1 Å². The van der Waals surface area contributed by atoms with Gasteiger partial charge in [-0.05, 0) is 64.5 Å². The molecule has 1 fully saturated rings. The molecular weight excluding hydrogens is 410 g/mol. The molecule has 1 amide bonds. The number of benzene rings is 1. The third kappa shape index (κ3) is 3.48. The monoisotopic (exact) mass is 424 g/mol. The van der Waals surface area contributed by atoms with E-state index in [1.54, 1.807) is 0 Å². The van der Waals surface area contributed by atoms with Crippen LogP contribution in [-0.2, 0) is 6.54 Å². The van der Waals surface area contributed by atoms with Crippen LogP contribution >= 0.6 is 27.3 Å². The van der Waals surface area contributed by atoms with Gasteiger partial charge in [-0.15, -0.1) is 11.3 Å². The van der Waals surface area contributed by atoms with Gasteiger partial charge >= 0.3 is 0 Å². The van der Waals surface area contributed by atoms with E-state index in [2.05, 4.69) is 21.2 Å². The molecule has 7 heteroatoms. The number of rotatable bonds is 5. The van der Waals surface area contributed by atoms with E-state index in [1.807, 2.05) is 16.7 Å². The number of carbonyl (C=O) groups is 1. The van der Waals surface area contributed by atoms with Gasteiger partial charge in [0.1, 0.15) is 5.69 Å². The highest BCUT2D eigenvalue weighted by atomic mass is 79.9. The molecule has 130 valence electrons. The molecule has 25 heavy (non-hydrogen) atoms. The average molecular weight is 425 g/mol. The predicted molar refractivity (Wildman–Crippen MR) is 98.0 cm³/mol. The van der Waals surface area contributed by atoms with Crippen molar-refractivity contribution in [2.75, 3.05) is 6.54 Å². The van der Waals surface area contributed by atoms with Crippen molar-refractivity contribution < 1.29 is 13.6 Å². The zero-order valence-corrected chi connectivity index (χ0v) is 15.6. The van der Waals surface area contributed by atoms with E-state index in [9.17, 15) is 13.6 Å². The van der Waals surface area contributed by atoms with Gasteiger partial charge in [-0.25, -0.2) is 8.78 Å². The van der Waals surface area contributed by atoms with Crippen LogP contribution in [0.3, 0.4) is 0 Å². The Morgan fingerprint density at radius 2 is 2.04 bits per heavy atom. The van der Waals surface area contributed by atoms with Gasteiger partial charge in [-0.2, -0.15) is 0 Å². The molecule has 3 aromatic rings. The third-order valence-corrected chi connectivity index (χ3v) is 5.94. The maximum absolute atomic E-state index is 13.5. The van der Waals surface area contributed by atoms with Crippen molar-refractivity contribution in [3.05, 3.63) is 57.0 Å². The molecule has 2 heterocycles. The van der Waals surface area contributed by atoms with Crippen LogP contribution < -0.4 is 5.32 Å². The Hall–Kier alpha value is -1.73. The van der Waals surface area contributed by atoms with E-state index >= 15 is 0 Å². The SMILES string of the molecule is O=C(NCC1CC1)c1cc2sc(Br)cc2n1Cc1ccc(F)c(F)c1. The molecule has 2 aromatic heterocycles. The summed E-state index contributed by atoms with van der Waals surface area (Å²) in [5.74, 6) is -1.29. The second-order valence-corrected chi connectivity index (χ2v) is 8.78. The molecule has 0 saturated heterocycles.